The maximum absolute atomic E-state index is 13.3. The van der Waals surface area contributed by atoms with E-state index >= 15 is 0 Å². The van der Waals surface area contributed by atoms with Crippen molar-refractivity contribution in [3.8, 4) is 0 Å². The number of benzene rings is 2. The molecule has 2 aromatic rings. The number of carbonyl (C=O) groups is 11. The monoisotopic (exact) mass is 1360 g/mol. The summed E-state index contributed by atoms with van der Waals surface area (Å²) < 4.78 is 72.2. The lowest BCUT2D eigenvalue weighted by Crippen LogP contribution is -2.44. The molecule has 0 spiro atoms. The molecule has 1 saturated heterocycles. The Balaban J connectivity index is 0.00000165. The standard InChI is InChI=1S/C34H46Cl2O16.C12H16O4.C9H13ClO5.C5H9ClO/c1-24(37)47-18-32(3,27(39)44-15-9-13-35)20-49-30(42)51-22-34(5,29(41)46-17-26-11-7-6-8-12-26)23-52-31(43)50-21-33(4,19-48-25(2)38)28(40)45-16-10-14-36;1-12(8-13,9-14)11(15)16-7-10-5-3-2-4-6-10;1-9(5-14-8(12)15-6-9)7(11)13-4-2-3-10;1-2-3-5(7)4-6/h6-8,11-12H,9-10,13-23H2,1-5H3;2-6,13-14H,7-9H2,1H3;2-6H2,1H3;2-4H2,1H3/i;;;4T. The number of ketones is 1. The van der Waals surface area contributed by atoms with Crippen LogP contribution in [0.1, 0.15) is 100.0 Å². The predicted molar refractivity (Wildman–Crippen MR) is 322 cm³/mol. The third-order valence-corrected chi connectivity index (χ3v) is 13.0. The molecule has 0 aromatic heterocycles. The van der Waals surface area contributed by atoms with Gasteiger partial charge in [0.2, 0.25) is 0 Å². The van der Waals surface area contributed by atoms with Crippen LogP contribution in [0.5, 0.6) is 0 Å². The number of Topliss-reactive ketones (excluding diaryl/α,β-unsaturated/α-hetero) is 1. The zero-order chi connectivity index (χ0) is 69.1. The maximum Gasteiger partial charge on any atom is 0.508 e. The van der Waals surface area contributed by atoms with Gasteiger partial charge in [0.1, 0.15) is 98.9 Å². The van der Waals surface area contributed by atoms with Crippen LogP contribution in [0.15, 0.2) is 60.7 Å². The first-order valence-corrected chi connectivity index (χ1v) is 30.0. The number of hydrogen-bond acceptors (Lipinski definition) is 26. The van der Waals surface area contributed by atoms with Gasteiger partial charge in [-0.3, -0.25) is 38.4 Å². The third-order valence-electron chi connectivity index (χ3n) is 12.0. The first kappa shape index (κ1) is 81.3. The quantitative estimate of drug-likeness (QED) is 0.0284. The molecule has 3 rings (SSSR count). The minimum Gasteiger partial charge on any atom is -0.465 e. The van der Waals surface area contributed by atoms with Crippen molar-refractivity contribution in [2.75, 3.05) is 109 Å². The molecule has 90 heavy (non-hydrogen) atoms. The number of esters is 7. The highest BCUT2D eigenvalue weighted by Crippen LogP contribution is 2.27. The Morgan fingerprint density at radius 3 is 1.13 bits per heavy atom. The van der Waals surface area contributed by atoms with Crippen LogP contribution < -0.4 is 0 Å². The van der Waals surface area contributed by atoms with Crippen molar-refractivity contribution >= 4 is 112 Å². The predicted octanol–water partition coefficient (Wildman–Crippen LogP) is 8.17. The van der Waals surface area contributed by atoms with E-state index in [4.69, 9.17) is 110 Å². The minimum atomic E-state index is -1.84. The second-order valence-corrected chi connectivity index (χ2v) is 22.5. The molecule has 2 N–H and O–H groups in total. The van der Waals surface area contributed by atoms with E-state index in [0.717, 1.165) is 25.8 Å². The average Bonchev–Trinajstić information content (AvgIpc) is 2.67. The Hall–Kier alpha value is -6.71. The van der Waals surface area contributed by atoms with Gasteiger partial charge in [-0.1, -0.05) is 67.6 Å². The number of aliphatic hydroxyl groups is 2. The SMILES string of the molecule is CC(=O)OCC(C)(COC(=O)OCC(C)(COC(=O)OCC(C)(COC(C)=O)C(=O)OCCCCl)C(=O)OCc1ccccc1)C(=O)OCCCCl.CC(CO)(CO)C(=O)OCc1ccccc1.CC1(C(=O)OCCCCl)COC(=O)OC1.[3H]C(Cl)C(=O)CCC. The fraction of sp³-hybridized carbons (Fsp3) is 0.617. The zero-order valence-electron chi connectivity index (χ0n) is 52.8. The average molecular weight is 1370 g/mol. The highest BCUT2D eigenvalue weighted by atomic mass is 35.5. The van der Waals surface area contributed by atoms with Crippen LogP contribution in [0.2, 0.25) is 0 Å². The molecule has 1 aliphatic rings. The van der Waals surface area contributed by atoms with Gasteiger partial charge in [0.15, 0.2) is 0 Å². The Morgan fingerprint density at radius 2 is 0.833 bits per heavy atom. The second kappa shape index (κ2) is 45.5. The molecule has 1 aliphatic heterocycles. The highest BCUT2D eigenvalue weighted by molar-refractivity contribution is 6.27. The van der Waals surface area contributed by atoms with Gasteiger partial charge in [0, 0.05) is 37.9 Å². The van der Waals surface area contributed by atoms with Crippen LogP contribution in [-0.2, 0) is 113 Å². The van der Waals surface area contributed by atoms with Crippen LogP contribution in [0, 0.1) is 27.1 Å². The van der Waals surface area contributed by atoms with E-state index in [2.05, 4.69) is 9.47 Å². The number of halogens is 4. The Labute approximate surface area is 544 Å². The molecule has 26 nitrogen and oxygen atoms in total. The molecule has 3 unspecified atom stereocenters. The van der Waals surface area contributed by atoms with Crippen molar-refractivity contribution < 1.29 is 126 Å². The molecule has 2 aromatic carbocycles. The topological polar surface area (TPSA) is 348 Å². The van der Waals surface area contributed by atoms with Crippen molar-refractivity contribution in [2.24, 2.45) is 27.1 Å². The molecule has 0 bridgehead atoms. The van der Waals surface area contributed by atoms with Gasteiger partial charge in [0.05, 0.1) is 40.3 Å². The van der Waals surface area contributed by atoms with Crippen LogP contribution in [0.3, 0.4) is 0 Å². The highest BCUT2D eigenvalue weighted by Gasteiger charge is 2.44. The zero-order valence-corrected chi connectivity index (χ0v) is 54.8. The van der Waals surface area contributed by atoms with Crippen LogP contribution in [-0.4, -0.2) is 186 Å². The summed E-state index contributed by atoms with van der Waals surface area (Å²) in [6.45, 7) is 6.74. The molecule has 0 aliphatic carbocycles. The smallest absolute Gasteiger partial charge is 0.465 e. The molecule has 30 heteroatoms. The van der Waals surface area contributed by atoms with Crippen molar-refractivity contribution in [3.05, 3.63) is 71.8 Å². The van der Waals surface area contributed by atoms with Crippen LogP contribution in [0.4, 0.5) is 14.4 Å². The fourth-order valence-electron chi connectivity index (χ4n) is 6.05. The number of alkyl halides is 4. The molecule has 0 amide bonds. The molecule has 508 valence electrons. The lowest BCUT2D eigenvalue weighted by Gasteiger charge is -2.29. The van der Waals surface area contributed by atoms with Gasteiger partial charge in [-0.05, 0) is 71.4 Å². The summed E-state index contributed by atoms with van der Waals surface area (Å²) >= 11 is 21.8. The Kier molecular flexibility index (Phi) is 41.1. The molecule has 0 radical (unpaired) electrons. The molecule has 3 atom stereocenters. The Morgan fingerprint density at radius 1 is 0.511 bits per heavy atom. The van der Waals surface area contributed by atoms with E-state index in [1.165, 1.54) is 27.7 Å². The summed E-state index contributed by atoms with van der Waals surface area (Å²) in [6, 6.07) is 17.9. The van der Waals surface area contributed by atoms with Crippen LogP contribution in [0.25, 0.3) is 0 Å². The number of aliphatic hydroxyl groups excluding tert-OH is 2. The lowest BCUT2D eigenvalue weighted by molar-refractivity contribution is -0.167. The van der Waals surface area contributed by atoms with Gasteiger partial charge in [0.25, 0.3) is 0 Å². The molecule has 0 saturated carbocycles. The number of carbonyl (C=O) groups excluding carboxylic acids is 11. The van der Waals surface area contributed by atoms with Crippen molar-refractivity contribution in [1.29, 1.82) is 0 Å². The van der Waals surface area contributed by atoms with Gasteiger partial charge < -0.3 is 71.8 Å². The minimum absolute atomic E-state index is 0.00839. The van der Waals surface area contributed by atoms with E-state index < -0.39 is 146 Å². The summed E-state index contributed by atoms with van der Waals surface area (Å²) in [4.78, 5) is 131. The molecular weight excluding hydrogens is 1280 g/mol. The number of ether oxygens (including phenoxy) is 13. The van der Waals surface area contributed by atoms with E-state index in [1.807, 2.05) is 37.3 Å². The number of rotatable bonds is 35. The lowest BCUT2D eigenvalue weighted by atomic mass is 9.93. The van der Waals surface area contributed by atoms with Gasteiger partial charge in [-0.25, -0.2) is 14.4 Å². The summed E-state index contributed by atoms with van der Waals surface area (Å²) in [5.41, 5.74) is -5.71. The first-order valence-electron chi connectivity index (χ1n) is 28.5. The summed E-state index contributed by atoms with van der Waals surface area (Å²) in [7, 11) is 0. The molecule has 1 heterocycles. The summed E-state index contributed by atoms with van der Waals surface area (Å²) in [5.74, 6) is -5.36. The van der Waals surface area contributed by atoms with E-state index in [9.17, 15) is 52.7 Å². The maximum atomic E-state index is 13.3. The van der Waals surface area contributed by atoms with Crippen molar-refractivity contribution in [2.45, 2.75) is 101 Å². The Bertz CT molecular complexity index is 2480. The van der Waals surface area contributed by atoms with E-state index in [0.29, 0.717) is 37.1 Å². The number of hydrogen-bond donors (Lipinski definition) is 2. The van der Waals surface area contributed by atoms with E-state index in [1.54, 1.807) is 37.3 Å². The normalized spacial score (nSPS) is 14.5. The van der Waals surface area contributed by atoms with Crippen molar-refractivity contribution in [1.82, 2.24) is 0 Å². The summed E-state index contributed by atoms with van der Waals surface area (Å²) in [5, 5.41) is 18.0. The van der Waals surface area contributed by atoms with Gasteiger partial charge in [-0.15, -0.1) is 46.4 Å². The van der Waals surface area contributed by atoms with E-state index in [-0.39, 0.29) is 63.8 Å². The number of cyclic esters (lactones) is 2. The first-order chi connectivity index (χ1) is 42.9. The third kappa shape index (κ3) is 34.5. The summed E-state index contributed by atoms with van der Waals surface area (Å²) in [6.07, 6.45) is -0.904. The molecule has 1 fully saturated rings. The van der Waals surface area contributed by atoms with Gasteiger partial charge >= 0.3 is 60.3 Å². The molecular formula is C60H84Cl4O26. The largest absolute Gasteiger partial charge is 0.508 e. The van der Waals surface area contributed by atoms with Crippen LogP contribution >= 0.6 is 46.4 Å². The van der Waals surface area contributed by atoms with Crippen molar-refractivity contribution in [3.63, 3.8) is 0 Å². The van der Waals surface area contributed by atoms with Gasteiger partial charge in [-0.2, -0.15) is 0 Å². The second-order valence-electron chi connectivity index (χ2n) is 21.1. The fourth-order valence-corrected chi connectivity index (χ4v) is 6.49.